The monoisotopic (exact) mass is 231 g/mol. The second-order valence-corrected chi connectivity index (χ2v) is 3.95. The van der Waals surface area contributed by atoms with Gasteiger partial charge in [-0.1, -0.05) is 0 Å². The molecule has 0 aliphatic rings. The zero-order valence-electron chi connectivity index (χ0n) is 9.93. The number of nitrogens with two attached hydrogens (primary N) is 1. The number of aromatic nitrogens is 3. The summed E-state index contributed by atoms with van der Waals surface area (Å²) in [5.74, 6) is 0.877. The Bertz CT molecular complexity index is 464. The molecule has 0 radical (unpaired) electrons. The van der Waals surface area contributed by atoms with Crippen LogP contribution in [0.15, 0.2) is 30.9 Å². The van der Waals surface area contributed by atoms with E-state index in [2.05, 4.69) is 19.9 Å². The van der Waals surface area contributed by atoms with Gasteiger partial charge in [-0.2, -0.15) is 0 Å². The molecule has 5 heteroatoms. The van der Waals surface area contributed by atoms with E-state index in [0.29, 0.717) is 0 Å². The van der Waals surface area contributed by atoms with Crippen LogP contribution in [0.1, 0.15) is 12.1 Å². The molecule has 0 atom stereocenters. The molecule has 0 amide bonds. The number of anilines is 2. The number of hydrogen-bond donors (Lipinski definition) is 2. The van der Waals surface area contributed by atoms with Crippen molar-refractivity contribution in [3.63, 3.8) is 0 Å². The SMILES string of the molecule is Cc1nc(NCCCn2ccnc2)ccc1N. The van der Waals surface area contributed by atoms with E-state index in [1.54, 1.807) is 6.20 Å². The molecule has 0 aliphatic heterocycles. The summed E-state index contributed by atoms with van der Waals surface area (Å²) in [6.45, 7) is 3.75. The molecular formula is C12H17N5. The first-order valence-electron chi connectivity index (χ1n) is 5.68. The molecule has 0 saturated heterocycles. The van der Waals surface area contributed by atoms with Crippen molar-refractivity contribution >= 4 is 11.5 Å². The Hall–Kier alpha value is -2.04. The Labute approximate surface area is 101 Å². The van der Waals surface area contributed by atoms with E-state index in [1.807, 2.05) is 31.6 Å². The Morgan fingerprint density at radius 2 is 2.29 bits per heavy atom. The molecule has 3 N–H and O–H groups in total. The van der Waals surface area contributed by atoms with Gasteiger partial charge in [-0.25, -0.2) is 9.97 Å². The maximum atomic E-state index is 5.71. The molecule has 0 aliphatic carbocycles. The molecule has 17 heavy (non-hydrogen) atoms. The minimum absolute atomic E-state index is 0.731. The van der Waals surface area contributed by atoms with Crippen LogP contribution < -0.4 is 11.1 Å². The maximum Gasteiger partial charge on any atom is 0.126 e. The van der Waals surface area contributed by atoms with E-state index in [4.69, 9.17) is 5.73 Å². The third-order valence-corrected chi connectivity index (χ3v) is 2.59. The number of pyridine rings is 1. The van der Waals surface area contributed by atoms with E-state index in [1.165, 1.54) is 0 Å². The van der Waals surface area contributed by atoms with Crippen LogP contribution in [0, 0.1) is 6.92 Å². The zero-order chi connectivity index (χ0) is 12.1. The van der Waals surface area contributed by atoms with Crippen molar-refractivity contribution in [2.75, 3.05) is 17.6 Å². The lowest BCUT2D eigenvalue weighted by Gasteiger charge is -2.07. The Morgan fingerprint density at radius 3 is 3.00 bits per heavy atom. The summed E-state index contributed by atoms with van der Waals surface area (Å²) in [7, 11) is 0. The van der Waals surface area contributed by atoms with E-state index < -0.39 is 0 Å². The van der Waals surface area contributed by atoms with Gasteiger partial charge in [-0.05, 0) is 25.5 Å². The van der Waals surface area contributed by atoms with Gasteiger partial charge in [-0.15, -0.1) is 0 Å². The molecule has 0 fully saturated rings. The summed E-state index contributed by atoms with van der Waals surface area (Å²) in [5, 5.41) is 3.27. The summed E-state index contributed by atoms with van der Waals surface area (Å²) in [5.41, 5.74) is 7.30. The lowest BCUT2D eigenvalue weighted by molar-refractivity contribution is 0.660. The van der Waals surface area contributed by atoms with Crippen LogP contribution in [0.5, 0.6) is 0 Å². The molecule has 0 spiro atoms. The van der Waals surface area contributed by atoms with Gasteiger partial charge in [0.1, 0.15) is 5.82 Å². The highest BCUT2D eigenvalue weighted by molar-refractivity contribution is 5.48. The van der Waals surface area contributed by atoms with E-state index in [-0.39, 0.29) is 0 Å². The lowest BCUT2D eigenvalue weighted by atomic mass is 10.3. The largest absolute Gasteiger partial charge is 0.397 e. The molecule has 0 saturated carbocycles. The minimum atomic E-state index is 0.731. The lowest BCUT2D eigenvalue weighted by Crippen LogP contribution is -2.07. The molecular weight excluding hydrogens is 214 g/mol. The third kappa shape index (κ3) is 3.21. The first kappa shape index (κ1) is 11.4. The fraction of sp³-hybridized carbons (Fsp3) is 0.333. The molecule has 0 aromatic carbocycles. The smallest absolute Gasteiger partial charge is 0.126 e. The summed E-state index contributed by atoms with van der Waals surface area (Å²) in [6, 6.07) is 3.78. The number of nitrogen functional groups attached to an aromatic ring is 1. The van der Waals surface area contributed by atoms with Crippen molar-refractivity contribution in [1.82, 2.24) is 14.5 Å². The van der Waals surface area contributed by atoms with Crippen LogP contribution >= 0.6 is 0 Å². The first-order chi connectivity index (χ1) is 8.25. The van der Waals surface area contributed by atoms with Gasteiger partial charge in [-0.3, -0.25) is 0 Å². The van der Waals surface area contributed by atoms with Crippen LogP contribution in [0.25, 0.3) is 0 Å². The second-order valence-electron chi connectivity index (χ2n) is 3.95. The third-order valence-electron chi connectivity index (χ3n) is 2.59. The van der Waals surface area contributed by atoms with Gasteiger partial charge >= 0.3 is 0 Å². The van der Waals surface area contributed by atoms with Crippen LogP contribution in [0.2, 0.25) is 0 Å². The fourth-order valence-electron chi connectivity index (χ4n) is 1.57. The van der Waals surface area contributed by atoms with Gasteiger partial charge in [0.2, 0.25) is 0 Å². The second kappa shape index (κ2) is 5.34. The Balaban J connectivity index is 1.76. The molecule has 0 bridgehead atoms. The van der Waals surface area contributed by atoms with Crippen molar-refractivity contribution in [2.24, 2.45) is 0 Å². The molecule has 2 aromatic rings. The molecule has 2 aromatic heterocycles. The number of aryl methyl sites for hydroxylation is 2. The van der Waals surface area contributed by atoms with Crippen molar-refractivity contribution in [3.05, 3.63) is 36.5 Å². The molecule has 90 valence electrons. The minimum Gasteiger partial charge on any atom is -0.397 e. The van der Waals surface area contributed by atoms with Crippen molar-refractivity contribution < 1.29 is 0 Å². The van der Waals surface area contributed by atoms with Crippen LogP contribution in [-0.2, 0) is 6.54 Å². The standard InChI is InChI=1S/C12H17N5/c1-10-11(13)3-4-12(16-10)15-5-2-7-17-8-6-14-9-17/h3-4,6,8-9H,2,5,7,13H2,1H3,(H,15,16). The maximum absolute atomic E-state index is 5.71. The van der Waals surface area contributed by atoms with Crippen LogP contribution in [0.3, 0.4) is 0 Å². The van der Waals surface area contributed by atoms with Gasteiger partial charge < -0.3 is 15.6 Å². The highest BCUT2D eigenvalue weighted by Crippen LogP contribution is 2.11. The van der Waals surface area contributed by atoms with Crippen molar-refractivity contribution in [1.29, 1.82) is 0 Å². The average molecular weight is 231 g/mol. The average Bonchev–Trinajstić information content (AvgIpc) is 2.82. The first-order valence-corrected chi connectivity index (χ1v) is 5.68. The van der Waals surface area contributed by atoms with E-state index in [9.17, 15) is 0 Å². The molecule has 0 unspecified atom stereocenters. The van der Waals surface area contributed by atoms with Crippen molar-refractivity contribution in [3.8, 4) is 0 Å². The fourth-order valence-corrected chi connectivity index (χ4v) is 1.57. The van der Waals surface area contributed by atoms with Gasteiger partial charge in [0, 0.05) is 25.5 Å². The van der Waals surface area contributed by atoms with Crippen LogP contribution in [0.4, 0.5) is 11.5 Å². The number of rotatable bonds is 5. The molecule has 5 nitrogen and oxygen atoms in total. The molecule has 2 heterocycles. The Morgan fingerprint density at radius 1 is 1.41 bits per heavy atom. The Kier molecular flexibility index (Phi) is 3.59. The summed E-state index contributed by atoms with van der Waals surface area (Å²) in [6.07, 6.45) is 6.61. The van der Waals surface area contributed by atoms with Crippen molar-refractivity contribution in [2.45, 2.75) is 19.9 Å². The molecule has 2 rings (SSSR count). The quantitative estimate of drug-likeness (QED) is 0.768. The number of nitrogens with zero attached hydrogens (tertiary/aromatic N) is 3. The van der Waals surface area contributed by atoms with Gasteiger partial charge in [0.25, 0.3) is 0 Å². The number of hydrogen-bond acceptors (Lipinski definition) is 4. The van der Waals surface area contributed by atoms with E-state index >= 15 is 0 Å². The highest BCUT2D eigenvalue weighted by atomic mass is 15.0. The van der Waals surface area contributed by atoms with Gasteiger partial charge in [0.05, 0.1) is 17.7 Å². The van der Waals surface area contributed by atoms with E-state index in [0.717, 1.165) is 36.7 Å². The number of imidazole rings is 1. The predicted octanol–water partition coefficient (Wildman–Crippen LogP) is 1.67. The van der Waals surface area contributed by atoms with Gasteiger partial charge in [0.15, 0.2) is 0 Å². The highest BCUT2D eigenvalue weighted by Gasteiger charge is 1.97. The summed E-state index contributed by atoms with van der Waals surface area (Å²) >= 11 is 0. The summed E-state index contributed by atoms with van der Waals surface area (Å²) < 4.78 is 2.06. The normalized spacial score (nSPS) is 10.4. The van der Waals surface area contributed by atoms with Crippen LogP contribution in [-0.4, -0.2) is 21.1 Å². The predicted molar refractivity (Wildman–Crippen MR) is 68.7 cm³/mol. The topological polar surface area (TPSA) is 68.8 Å². The number of nitrogens with one attached hydrogen (secondary N) is 1. The summed E-state index contributed by atoms with van der Waals surface area (Å²) in [4.78, 5) is 8.35. The zero-order valence-corrected chi connectivity index (χ0v) is 9.93.